The van der Waals surface area contributed by atoms with Crippen LogP contribution in [0.3, 0.4) is 0 Å². The Morgan fingerprint density at radius 3 is 2.25 bits per heavy atom. The molecule has 0 spiro atoms. The molecular formula is C9H20ClNO. The van der Waals surface area contributed by atoms with Gasteiger partial charge >= 0.3 is 0 Å². The fourth-order valence-electron chi connectivity index (χ4n) is 2.12. The lowest BCUT2D eigenvalue weighted by atomic mass is 9.89. The Hall–Kier alpha value is 0.210. The van der Waals surface area contributed by atoms with Crippen molar-refractivity contribution in [2.45, 2.75) is 38.7 Å². The predicted octanol–water partition coefficient (Wildman–Crippen LogP) is 1.57. The molecule has 0 aliphatic heterocycles. The molecule has 0 aromatic carbocycles. The summed E-state index contributed by atoms with van der Waals surface area (Å²) in [5.74, 6) is 0. The standard InChI is InChI=1S/C9H19NO.ClH/c1-8(2)4-5-9(11,6-8)7-10-3;/h10-11H,4-7H2,1-3H3;1H. The van der Waals surface area contributed by atoms with Gasteiger partial charge in [0.25, 0.3) is 0 Å². The fraction of sp³-hybridized carbons (Fsp3) is 1.00. The molecule has 1 rings (SSSR count). The average Bonchev–Trinajstić information content (AvgIpc) is 2.07. The van der Waals surface area contributed by atoms with Crippen molar-refractivity contribution in [3.63, 3.8) is 0 Å². The molecule has 0 heterocycles. The molecule has 1 saturated carbocycles. The normalized spacial score (nSPS) is 33.0. The van der Waals surface area contributed by atoms with E-state index in [1.54, 1.807) is 0 Å². The zero-order chi connectivity index (χ0) is 8.54. The summed E-state index contributed by atoms with van der Waals surface area (Å²) < 4.78 is 0. The summed E-state index contributed by atoms with van der Waals surface area (Å²) in [7, 11) is 1.89. The molecule has 2 nitrogen and oxygen atoms in total. The molecule has 1 aliphatic rings. The highest BCUT2D eigenvalue weighted by molar-refractivity contribution is 5.85. The first-order chi connectivity index (χ1) is 4.97. The van der Waals surface area contributed by atoms with E-state index in [2.05, 4.69) is 19.2 Å². The molecule has 1 atom stereocenters. The Morgan fingerprint density at radius 1 is 1.33 bits per heavy atom. The van der Waals surface area contributed by atoms with E-state index in [1.807, 2.05) is 7.05 Å². The minimum atomic E-state index is -0.432. The minimum absolute atomic E-state index is 0. The summed E-state index contributed by atoms with van der Waals surface area (Å²) in [4.78, 5) is 0. The highest BCUT2D eigenvalue weighted by Gasteiger charge is 2.40. The van der Waals surface area contributed by atoms with Crippen molar-refractivity contribution in [3.8, 4) is 0 Å². The highest BCUT2D eigenvalue weighted by atomic mass is 35.5. The van der Waals surface area contributed by atoms with Crippen LogP contribution in [0.15, 0.2) is 0 Å². The van der Waals surface area contributed by atoms with Gasteiger partial charge in [0, 0.05) is 6.54 Å². The van der Waals surface area contributed by atoms with Gasteiger partial charge in [-0.05, 0) is 31.7 Å². The van der Waals surface area contributed by atoms with Gasteiger partial charge in [0.15, 0.2) is 0 Å². The molecule has 0 aromatic heterocycles. The lowest BCUT2D eigenvalue weighted by Crippen LogP contribution is -2.37. The molecule has 1 fully saturated rings. The first kappa shape index (κ1) is 12.2. The number of hydrogen-bond acceptors (Lipinski definition) is 2. The Bertz CT molecular complexity index is 149. The lowest BCUT2D eigenvalue weighted by Gasteiger charge is -2.24. The summed E-state index contributed by atoms with van der Waals surface area (Å²) in [6.07, 6.45) is 3.02. The van der Waals surface area contributed by atoms with E-state index in [1.165, 1.54) is 0 Å². The second-order valence-electron chi connectivity index (χ2n) is 4.60. The van der Waals surface area contributed by atoms with Crippen molar-refractivity contribution >= 4 is 12.4 Å². The van der Waals surface area contributed by atoms with E-state index in [0.29, 0.717) is 5.41 Å². The van der Waals surface area contributed by atoms with Crippen LogP contribution in [0.25, 0.3) is 0 Å². The van der Waals surface area contributed by atoms with Crippen molar-refractivity contribution in [1.82, 2.24) is 5.32 Å². The number of aliphatic hydroxyl groups is 1. The Labute approximate surface area is 81.2 Å². The summed E-state index contributed by atoms with van der Waals surface area (Å²) >= 11 is 0. The largest absolute Gasteiger partial charge is 0.389 e. The van der Waals surface area contributed by atoms with Crippen LogP contribution in [0.1, 0.15) is 33.1 Å². The Morgan fingerprint density at radius 2 is 1.92 bits per heavy atom. The molecule has 3 heteroatoms. The minimum Gasteiger partial charge on any atom is -0.389 e. The summed E-state index contributed by atoms with van der Waals surface area (Å²) in [5, 5.41) is 13.0. The molecule has 1 aliphatic carbocycles. The maximum absolute atomic E-state index is 9.96. The van der Waals surface area contributed by atoms with Crippen molar-refractivity contribution < 1.29 is 5.11 Å². The number of rotatable bonds is 2. The second-order valence-corrected chi connectivity index (χ2v) is 4.60. The topological polar surface area (TPSA) is 32.3 Å². The predicted molar refractivity (Wildman–Crippen MR) is 53.8 cm³/mol. The van der Waals surface area contributed by atoms with Crippen LogP contribution < -0.4 is 5.32 Å². The van der Waals surface area contributed by atoms with Gasteiger partial charge in [0.05, 0.1) is 5.60 Å². The SMILES string of the molecule is CNCC1(O)CCC(C)(C)C1.Cl. The molecule has 0 aromatic rings. The smallest absolute Gasteiger partial charge is 0.0776 e. The molecular weight excluding hydrogens is 174 g/mol. The van der Waals surface area contributed by atoms with Crippen LogP contribution >= 0.6 is 12.4 Å². The molecule has 0 radical (unpaired) electrons. The monoisotopic (exact) mass is 193 g/mol. The van der Waals surface area contributed by atoms with Gasteiger partial charge in [-0.2, -0.15) is 0 Å². The van der Waals surface area contributed by atoms with E-state index in [0.717, 1.165) is 25.8 Å². The van der Waals surface area contributed by atoms with Crippen LogP contribution in [-0.2, 0) is 0 Å². The van der Waals surface area contributed by atoms with Crippen molar-refractivity contribution in [2.75, 3.05) is 13.6 Å². The zero-order valence-corrected chi connectivity index (χ0v) is 9.00. The van der Waals surface area contributed by atoms with Crippen molar-refractivity contribution in [1.29, 1.82) is 0 Å². The number of nitrogens with one attached hydrogen (secondary N) is 1. The van der Waals surface area contributed by atoms with Crippen LogP contribution in [-0.4, -0.2) is 24.3 Å². The fourth-order valence-corrected chi connectivity index (χ4v) is 2.12. The second kappa shape index (κ2) is 3.95. The molecule has 0 amide bonds. The average molecular weight is 194 g/mol. The zero-order valence-electron chi connectivity index (χ0n) is 8.18. The summed E-state index contributed by atoms with van der Waals surface area (Å²) in [6.45, 7) is 5.18. The number of hydrogen-bond donors (Lipinski definition) is 2. The van der Waals surface area contributed by atoms with Gasteiger partial charge in [0.1, 0.15) is 0 Å². The van der Waals surface area contributed by atoms with Crippen molar-refractivity contribution in [3.05, 3.63) is 0 Å². The highest BCUT2D eigenvalue weighted by Crippen LogP contribution is 2.42. The maximum Gasteiger partial charge on any atom is 0.0776 e. The molecule has 2 N–H and O–H groups in total. The van der Waals surface area contributed by atoms with Crippen molar-refractivity contribution in [2.24, 2.45) is 5.41 Å². The molecule has 0 saturated heterocycles. The lowest BCUT2D eigenvalue weighted by molar-refractivity contribution is 0.0396. The van der Waals surface area contributed by atoms with Gasteiger partial charge in [-0.15, -0.1) is 12.4 Å². The molecule has 12 heavy (non-hydrogen) atoms. The summed E-state index contributed by atoms with van der Waals surface area (Å²) in [6, 6.07) is 0. The third-order valence-corrected chi connectivity index (χ3v) is 2.58. The number of likely N-dealkylation sites (N-methyl/N-ethyl adjacent to an activating group) is 1. The van der Waals surface area contributed by atoms with Gasteiger partial charge in [0.2, 0.25) is 0 Å². The van der Waals surface area contributed by atoms with E-state index in [4.69, 9.17) is 0 Å². The first-order valence-electron chi connectivity index (χ1n) is 4.34. The Kier molecular flexibility index (Phi) is 4.01. The third kappa shape index (κ3) is 2.92. The third-order valence-electron chi connectivity index (χ3n) is 2.58. The first-order valence-corrected chi connectivity index (χ1v) is 4.34. The molecule has 0 bridgehead atoms. The van der Waals surface area contributed by atoms with E-state index >= 15 is 0 Å². The van der Waals surface area contributed by atoms with E-state index in [9.17, 15) is 5.11 Å². The van der Waals surface area contributed by atoms with Gasteiger partial charge in [-0.3, -0.25) is 0 Å². The van der Waals surface area contributed by atoms with Crippen LogP contribution in [0, 0.1) is 5.41 Å². The quantitative estimate of drug-likeness (QED) is 0.698. The maximum atomic E-state index is 9.96. The van der Waals surface area contributed by atoms with Gasteiger partial charge in [-0.1, -0.05) is 13.8 Å². The van der Waals surface area contributed by atoms with Crippen LogP contribution in [0.5, 0.6) is 0 Å². The summed E-state index contributed by atoms with van der Waals surface area (Å²) in [5.41, 5.74) is -0.0934. The Balaban J connectivity index is 0.00000121. The van der Waals surface area contributed by atoms with Gasteiger partial charge < -0.3 is 10.4 Å². The van der Waals surface area contributed by atoms with Crippen LogP contribution in [0.4, 0.5) is 0 Å². The van der Waals surface area contributed by atoms with E-state index in [-0.39, 0.29) is 12.4 Å². The van der Waals surface area contributed by atoms with Crippen LogP contribution in [0.2, 0.25) is 0 Å². The number of halogens is 1. The molecule has 1 unspecified atom stereocenters. The van der Waals surface area contributed by atoms with Gasteiger partial charge in [-0.25, -0.2) is 0 Å². The van der Waals surface area contributed by atoms with E-state index < -0.39 is 5.60 Å². The molecule has 74 valence electrons.